The third-order valence-electron chi connectivity index (χ3n) is 3.95. The van der Waals surface area contributed by atoms with Crippen molar-refractivity contribution in [3.63, 3.8) is 0 Å². The number of benzene rings is 1. The molecule has 8 heteroatoms. The first-order valence-electron chi connectivity index (χ1n) is 8.05. The van der Waals surface area contributed by atoms with Gasteiger partial charge in [-0.05, 0) is 36.4 Å². The number of nitrogens with zero attached hydrogens (tertiary/aromatic N) is 1. The van der Waals surface area contributed by atoms with Crippen molar-refractivity contribution >= 4 is 38.0 Å². The predicted molar refractivity (Wildman–Crippen MR) is 102 cm³/mol. The standard InChI is InChI=1S/C19H14N2O4S2/c22-19(15-6-3-11-25-15)16-9-8-14(26-16)12-21-27(23,24)17-7-1-4-13-5-2-10-20-18(13)17/h1-11,21H,12H2. The number of rotatable bonds is 6. The zero-order valence-corrected chi connectivity index (χ0v) is 15.6. The van der Waals surface area contributed by atoms with Gasteiger partial charge in [0.25, 0.3) is 0 Å². The molecular formula is C19H14N2O4S2. The first kappa shape index (κ1) is 17.6. The molecule has 3 aromatic heterocycles. The molecule has 0 radical (unpaired) electrons. The number of carbonyl (C=O) groups excluding carboxylic acids is 1. The minimum atomic E-state index is -3.75. The van der Waals surface area contributed by atoms with Crippen molar-refractivity contribution < 1.29 is 17.6 Å². The number of para-hydroxylation sites is 1. The summed E-state index contributed by atoms with van der Waals surface area (Å²) in [7, 11) is -3.75. The van der Waals surface area contributed by atoms with Gasteiger partial charge < -0.3 is 4.42 Å². The first-order chi connectivity index (χ1) is 13.0. The van der Waals surface area contributed by atoms with Crippen LogP contribution < -0.4 is 4.72 Å². The summed E-state index contributed by atoms with van der Waals surface area (Å²) in [6.07, 6.45) is 3.00. The molecule has 0 saturated carbocycles. The number of thiophene rings is 1. The van der Waals surface area contributed by atoms with Crippen LogP contribution in [0.15, 0.2) is 76.4 Å². The molecule has 6 nitrogen and oxygen atoms in total. The number of pyridine rings is 1. The highest BCUT2D eigenvalue weighted by molar-refractivity contribution is 7.89. The van der Waals surface area contributed by atoms with E-state index in [1.807, 2.05) is 12.1 Å². The second-order valence-electron chi connectivity index (χ2n) is 5.73. The van der Waals surface area contributed by atoms with Crippen LogP contribution in [-0.4, -0.2) is 19.2 Å². The number of hydrogen-bond acceptors (Lipinski definition) is 6. The molecule has 0 unspecified atom stereocenters. The van der Waals surface area contributed by atoms with Crippen LogP contribution in [0, 0.1) is 0 Å². The molecule has 0 amide bonds. The van der Waals surface area contributed by atoms with Crippen molar-refractivity contribution in [2.24, 2.45) is 0 Å². The highest BCUT2D eigenvalue weighted by Crippen LogP contribution is 2.23. The smallest absolute Gasteiger partial charge is 0.243 e. The van der Waals surface area contributed by atoms with E-state index in [1.54, 1.807) is 42.6 Å². The third kappa shape index (κ3) is 3.55. The largest absolute Gasteiger partial charge is 0.461 e. The molecule has 136 valence electrons. The van der Waals surface area contributed by atoms with Gasteiger partial charge in [0.2, 0.25) is 15.8 Å². The molecule has 0 aliphatic rings. The van der Waals surface area contributed by atoms with E-state index in [4.69, 9.17) is 4.42 Å². The molecule has 3 heterocycles. The number of furan rings is 1. The van der Waals surface area contributed by atoms with Crippen molar-refractivity contribution in [3.8, 4) is 0 Å². The molecule has 0 aliphatic heterocycles. The lowest BCUT2D eigenvalue weighted by atomic mass is 10.2. The van der Waals surface area contributed by atoms with Crippen molar-refractivity contribution in [3.05, 3.63) is 82.6 Å². The van der Waals surface area contributed by atoms with Crippen LogP contribution in [-0.2, 0) is 16.6 Å². The minimum absolute atomic E-state index is 0.0850. The Morgan fingerprint density at radius 3 is 2.74 bits per heavy atom. The van der Waals surface area contributed by atoms with E-state index in [2.05, 4.69) is 9.71 Å². The number of carbonyl (C=O) groups is 1. The van der Waals surface area contributed by atoms with Crippen molar-refractivity contribution in [1.82, 2.24) is 9.71 Å². The number of nitrogens with one attached hydrogen (secondary N) is 1. The van der Waals surface area contributed by atoms with Crippen molar-refractivity contribution in [2.75, 3.05) is 0 Å². The maximum absolute atomic E-state index is 12.7. The Balaban J connectivity index is 1.54. The highest BCUT2D eigenvalue weighted by Gasteiger charge is 2.19. The van der Waals surface area contributed by atoms with Gasteiger partial charge in [-0.2, -0.15) is 0 Å². The Morgan fingerprint density at radius 1 is 1.07 bits per heavy atom. The third-order valence-corrected chi connectivity index (χ3v) is 6.47. The molecular weight excluding hydrogens is 384 g/mol. The van der Waals surface area contributed by atoms with Crippen LogP contribution in [0.4, 0.5) is 0 Å². The zero-order valence-electron chi connectivity index (χ0n) is 14.0. The molecule has 1 N–H and O–H groups in total. The molecule has 4 aromatic rings. The van der Waals surface area contributed by atoms with Gasteiger partial charge in [0.15, 0.2) is 5.76 Å². The summed E-state index contributed by atoms with van der Waals surface area (Å²) >= 11 is 1.23. The molecule has 0 spiro atoms. The van der Waals surface area contributed by atoms with Crippen molar-refractivity contribution in [1.29, 1.82) is 0 Å². The quantitative estimate of drug-likeness (QED) is 0.501. The van der Waals surface area contributed by atoms with Gasteiger partial charge >= 0.3 is 0 Å². The lowest BCUT2D eigenvalue weighted by Crippen LogP contribution is -2.23. The second-order valence-corrected chi connectivity index (χ2v) is 8.63. The van der Waals surface area contributed by atoms with Gasteiger partial charge in [-0.1, -0.05) is 18.2 Å². The van der Waals surface area contributed by atoms with E-state index in [1.165, 1.54) is 23.7 Å². The van der Waals surface area contributed by atoms with Crippen LogP contribution in [0.1, 0.15) is 20.3 Å². The van der Waals surface area contributed by atoms with E-state index in [-0.39, 0.29) is 23.0 Å². The van der Waals surface area contributed by atoms with Gasteiger partial charge in [-0.3, -0.25) is 9.78 Å². The van der Waals surface area contributed by atoms with E-state index in [9.17, 15) is 13.2 Å². The Morgan fingerprint density at radius 2 is 1.93 bits per heavy atom. The van der Waals surface area contributed by atoms with E-state index in [0.29, 0.717) is 10.4 Å². The molecule has 0 saturated heterocycles. The number of ketones is 1. The second kappa shape index (κ2) is 7.07. The SMILES string of the molecule is O=C(c1ccco1)c1ccc(CNS(=O)(=O)c2cccc3cccnc23)s1. The Kier molecular flexibility index (Phi) is 4.61. The maximum Gasteiger partial charge on any atom is 0.243 e. The number of fused-ring (bicyclic) bond motifs is 1. The van der Waals surface area contributed by atoms with E-state index in [0.717, 1.165) is 10.3 Å². The summed E-state index contributed by atoms with van der Waals surface area (Å²) in [6.45, 7) is 0.0850. The molecule has 0 atom stereocenters. The minimum Gasteiger partial charge on any atom is -0.461 e. The van der Waals surface area contributed by atoms with E-state index < -0.39 is 10.0 Å². The monoisotopic (exact) mass is 398 g/mol. The fraction of sp³-hybridized carbons (Fsp3) is 0.0526. The lowest BCUT2D eigenvalue weighted by Gasteiger charge is -2.08. The fourth-order valence-electron chi connectivity index (χ4n) is 2.66. The van der Waals surface area contributed by atoms with Crippen LogP contribution in [0.2, 0.25) is 0 Å². The van der Waals surface area contributed by atoms with Crippen LogP contribution in [0.3, 0.4) is 0 Å². The van der Waals surface area contributed by atoms with Gasteiger partial charge in [0.1, 0.15) is 4.90 Å². The molecule has 27 heavy (non-hydrogen) atoms. The normalized spacial score (nSPS) is 11.7. The van der Waals surface area contributed by atoms with Gasteiger partial charge in [0, 0.05) is 23.0 Å². The average Bonchev–Trinajstić information content (AvgIpc) is 3.37. The Hall–Kier alpha value is -2.81. The molecule has 0 bridgehead atoms. The number of aromatic nitrogens is 1. The lowest BCUT2D eigenvalue weighted by molar-refractivity contribution is 0.101. The summed E-state index contributed by atoms with van der Waals surface area (Å²) < 4.78 is 33.1. The van der Waals surface area contributed by atoms with Crippen LogP contribution in [0.5, 0.6) is 0 Å². The van der Waals surface area contributed by atoms with E-state index >= 15 is 0 Å². The highest BCUT2D eigenvalue weighted by atomic mass is 32.2. The maximum atomic E-state index is 12.7. The summed E-state index contributed by atoms with van der Waals surface area (Å²) in [5.41, 5.74) is 0.423. The number of hydrogen-bond donors (Lipinski definition) is 1. The van der Waals surface area contributed by atoms with Crippen LogP contribution >= 0.6 is 11.3 Å². The summed E-state index contributed by atoms with van der Waals surface area (Å²) in [5, 5.41) is 0.753. The molecule has 4 rings (SSSR count). The molecule has 0 fully saturated rings. The first-order valence-corrected chi connectivity index (χ1v) is 10.3. The van der Waals surface area contributed by atoms with Crippen LogP contribution in [0.25, 0.3) is 10.9 Å². The van der Waals surface area contributed by atoms with Gasteiger partial charge in [0.05, 0.1) is 16.7 Å². The van der Waals surface area contributed by atoms with Gasteiger partial charge in [-0.25, -0.2) is 13.1 Å². The summed E-state index contributed by atoms with van der Waals surface area (Å²) in [4.78, 5) is 17.8. The summed E-state index contributed by atoms with van der Waals surface area (Å²) in [6, 6.07) is 15.2. The topological polar surface area (TPSA) is 89.3 Å². The predicted octanol–water partition coefficient (Wildman–Crippen LogP) is 3.60. The Labute approximate surface area is 159 Å². The molecule has 0 aliphatic carbocycles. The van der Waals surface area contributed by atoms with Gasteiger partial charge in [-0.15, -0.1) is 11.3 Å². The molecule has 1 aromatic carbocycles. The zero-order chi connectivity index (χ0) is 18.9. The summed E-state index contributed by atoms with van der Waals surface area (Å²) in [5.74, 6) is 0.0307. The van der Waals surface area contributed by atoms with Crippen molar-refractivity contribution in [2.45, 2.75) is 11.4 Å². The number of sulfonamides is 1. The Bertz CT molecular complexity index is 1210. The average molecular weight is 398 g/mol. The fourth-order valence-corrected chi connectivity index (χ4v) is 4.83.